The van der Waals surface area contributed by atoms with Gasteiger partial charge in [-0.2, -0.15) is 13.9 Å². The number of halogens is 4. The van der Waals surface area contributed by atoms with Crippen LogP contribution in [0.15, 0.2) is 128 Å². The lowest BCUT2D eigenvalue weighted by molar-refractivity contribution is -0.259. The molecule has 2 aromatic carbocycles. The van der Waals surface area contributed by atoms with Crippen molar-refractivity contribution in [3.05, 3.63) is 190 Å². The van der Waals surface area contributed by atoms with Crippen LogP contribution in [0.4, 0.5) is 17.6 Å². The Bertz CT molecular complexity index is 2690. The molecule has 5 aromatic heterocycles. The Labute approximate surface area is 372 Å². The monoisotopic (exact) mass is 887 g/mol. The molecular formula is C49H45F4N7O5. The first-order valence-electron chi connectivity index (χ1n) is 20.9. The van der Waals surface area contributed by atoms with Gasteiger partial charge in [-0.05, 0) is 110 Å². The molecule has 16 heteroatoms. The summed E-state index contributed by atoms with van der Waals surface area (Å²) < 4.78 is 72.4. The molecule has 0 aliphatic heterocycles. The summed E-state index contributed by atoms with van der Waals surface area (Å²) in [7, 11) is 0. The van der Waals surface area contributed by atoms with Gasteiger partial charge in [0.05, 0.1) is 48.1 Å². The SMILES string of the molecule is NC(=O)c1cc(-c2cccnc2[C@@H](CC(=O)Cn2nc(C(F)(F)OCc3ccccn3)c3c2CCCC3)Cc2cc(F)cc(F)c2)ccc1OCc1ccccn1.OCc1ccccn1. The molecule has 0 radical (unpaired) electrons. The minimum absolute atomic E-state index is 0.000275. The molecule has 0 bridgehead atoms. The number of alkyl halides is 2. The standard InChI is InChI=1S/C43H38F4N6O4.C6H7NO/c44-30-19-27(20-31(45)23-30)18-29(40-35(11-7-17-51-40)28-13-14-39(37(22-28)42(48)55)56-25-32-8-3-5-15-49-32)21-34(54)24-53-38-12-2-1-10-36(38)41(52-53)43(46,47)57-26-33-9-4-6-16-50-33;8-5-6-3-1-2-4-7-6/h3-9,11,13-17,19-20,22-23,29H,1-2,10,12,18,21,24-26H2,(H2,48,55);1-4,8H,5H2/t29-;/m1./s1. The average Bonchev–Trinajstić information content (AvgIpc) is 3.69. The number of nitrogens with two attached hydrogens (primary N) is 1. The summed E-state index contributed by atoms with van der Waals surface area (Å²) in [5.74, 6) is -3.20. The van der Waals surface area contributed by atoms with Crippen LogP contribution in [0.5, 0.6) is 5.75 Å². The highest BCUT2D eigenvalue weighted by atomic mass is 19.3. The number of hydrogen-bond donors (Lipinski definition) is 2. The van der Waals surface area contributed by atoms with Gasteiger partial charge in [0, 0.05) is 60.0 Å². The van der Waals surface area contributed by atoms with Gasteiger partial charge in [0.2, 0.25) is 0 Å². The van der Waals surface area contributed by atoms with E-state index in [0.29, 0.717) is 64.4 Å². The van der Waals surface area contributed by atoms with Gasteiger partial charge in [0.25, 0.3) is 5.91 Å². The zero-order valence-electron chi connectivity index (χ0n) is 35.1. The number of hydrogen-bond acceptors (Lipinski definition) is 10. The highest BCUT2D eigenvalue weighted by Crippen LogP contribution is 2.38. The first-order valence-corrected chi connectivity index (χ1v) is 20.9. The maximum Gasteiger partial charge on any atom is 0.402 e. The van der Waals surface area contributed by atoms with Crippen LogP contribution < -0.4 is 10.5 Å². The van der Waals surface area contributed by atoms with Crippen molar-refractivity contribution in [2.45, 2.75) is 76.9 Å². The number of Topliss-reactive ketones (excluding diaryl/α,β-unsaturated/α-hetero) is 1. The van der Waals surface area contributed by atoms with E-state index in [2.05, 4.69) is 25.0 Å². The van der Waals surface area contributed by atoms with Crippen molar-refractivity contribution in [1.82, 2.24) is 29.7 Å². The molecule has 334 valence electrons. The van der Waals surface area contributed by atoms with Gasteiger partial charge in [-0.15, -0.1) is 0 Å². The van der Waals surface area contributed by atoms with Crippen LogP contribution in [-0.4, -0.2) is 46.5 Å². The summed E-state index contributed by atoms with van der Waals surface area (Å²) in [5.41, 5.74) is 9.68. The summed E-state index contributed by atoms with van der Waals surface area (Å²) >= 11 is 0. The molecular weight excluding hydrogens is 843 g/mol. The van der Waals surface area contributed by atoms with Crippen molar-refractivity contribution in [1.29, 1.82) is 0 Å². The molecule has 0 saturated heterocycles. The second-order valence-corrected chi connectivity index (χ2v) is 15.3. The fraction of sp³-hybridized carbons (Fsp3) is 0.245. The van der Waals surface area contributed by atoms with E-state index in [1.54, 1.807) is 79.1 Å². The van der Waals surface area contributed by atoms with E-state index in [9.17, 15) is 18.4 Å². The molecule has 0 spiro atoms. The third kappa shape index (κ3) is 12.1. The molecule has 12 nitrogen and oxygen atoms in total. The molecule has 0 fully saturated rings. The first-order chi connectivity index (χ1) is 31.5. The third-order valence-corrected chi connectivity index (χ3v) is 10.6. The number of aliphatic hydroxyl groups excluding tert-OH is 1. The molecule has 1 aliphatic carbocycles. The van der Waals surface area contributed by atoms with Crippen molar-refractivity contribution in [3.63, 3.8) is 0 Å². The number of carbonyl (C=O) groups is 2. The highest BCUT2D eigenvalue weighted by molar-refractivity contribution is 5.97. The van der Waals surface area contributed by atoms with E-state index in [1.165, 1.54) is 29.2 Å². The van der Waals surface area contributed by atoms with Crippen molar-refractivity contribution < 1.29 is 41.7 Å². The Kier molecular flexibility index (Phi) is 15.1. The number of rotatable bonds is 17. The molecule has 7 aromatic rings. The molecule has 65 heavy (non-hydrogen) atoms. The predicted molar refractivity (Wildman–Crippen MR) is 231 cm³/mol. The maximum atomic E-state index is 15.6. The van der Waals surface area contributed by atoms with Gasteiger partial charge in [0.15, 0.2) is 11.5 Å². The lowest BCUT2D eigenvalue weighted by Crippen LogP contribution is -2.22. The number of ether oxygens (including phenoxy) is 2. The minimum atomic E-state index is -3.75. The van der Waals surface area contributed by atoms with Gasteiger partial charge in [0.1, 0.15) is 24.0 Å². The van der Waals surface area contributed by atoms with Crippen LogP contribution in [0.2, 0.25) is 0 Å². The normalized spacial score (nSPS) is 12.7. The van der Waals surface area contributed by atoms with Gasteiger partial charge in [-0.25, -0.2) is 8.78 Å². The van der Waals surface area contributed by atoms with Crippen molar-refractivity contribution in [2.75, 3.05) is 0 Å². The number of aliphatic hydroxyl groups is 1. The quantitative estimate of drug-likeness (QED) is 0.0848. The van der Waals surface area contributed by atoms with Gasteiger partial charge in [-0.3, -0.25) is 34.2 Å². The van der Waals surface area contributed by atoms with Crippen LogP contribution >= 0.6 is 0 Å². The number of carbonyl (C=O) groups excluding carboxylic acids is 2. The molecule has 0 unspecified atom stereocenters. The Hall–Kier alpha value is -7.17. The first kappa shape index (κ1) is 45.8. The largest absolute Gasteiger partial charge is 0.486 e. The van der Waals surface area contributed by atoms with E-state index in [4.69, 9.17) is 20.3 Å². The fourth-order valence-corrected chi connectivity index (χ4v) is 7.67. The van der Waals surface area contributed by atoms with E-state index in [1.807, 2.05) is 18.2 Å². The average molecular weight is 888 g/mol. The maximum absolute atomic E-state index is 15.6. The Morgan fingerprint density at radius 2 is 1.42 bits per heavy atom. The zero-order chi connectivity index (χ0) is 45.8. The van der Waals surface area contributed by atoms with Gasteiger partial charge in [-0.1, -0.05) is 30.3 Å². The number of ketones is 1. The summed E-state index contributed by atoms with van der Waals surface area (Å²) in [6.07, 6.45) is 4.59. The second-order valence-electron chi connectivity index (χ2n) is 15.3. The van der Waals surface area contributed by atoms with Crippen molar-refractivity contribution in [3.8, 4) is 16.9 Å². The number of benzene rings is 2. The minimum Gasteiger partial charge on any atom is -0.486 e. The molecule has 0 saturated carbocycles. The summed E-state index contributed by atoms with van der Waals surface area (Å²) in [4.78, 5) is 43.5. The van der Waals surface area contributed by atoms with Gasteiger partial charge < -0.3 is 20.3 Å². The lowest BCUT2D eigenvalue weighted by Gasteiger charge is -2.21. The Balaban J connectivity index is 0.000000711. The number of primary amides is 1. The van der Waals surface area contributed by atoms with Crippen LogP contribution in [0.1, 0.15) is 80.8 Å². The number of aromatic nitrogens is 6. The summed E-state index contributed by atoms with van der Waals surface area (Å²) in [6, 6.07) is 27.2. The lowest BCUT2D eigenvalue weighted by atomic mass is 9.86. The van der Waals surface area contributed by atoms with E-state index < -0.39 is 41.9 Å². The van der Waals surface area contributed by atoms with E-state index in [0.717, 1.165) is 12.5 Å². The molecule has 1 atom stereocenters. The van der Waals surface area contributed by atoms with Crippen LogP contribution in [0, 0.1) is 11.6 Å². The number of pyridine rings is 4. The summed E-state index contributed by atoms with van der Waals surface area (Å²) in [5, 5.41) is 12.7. The van der Waals surface area contributed by atoms with Crippen molar-refractivity contribution in [2.24, 2.45) is 5.73 Å². The Morgan fingerprint density at radius 1 is 0.769 bits per heavy atom. The molecule has 1 amide bonds. The van der Waals surface area contributed by atoms with Crippen LogP contribution in [0.25, 0.3) is 11.1 Å². The molecule has 8 rings (SSSR count). The van der Waals surface area contributed by atoms with Gasteiger partial charge >= 0.3 is 6.11 Å². The smallest absolute Gasteiger partial charge is 0.402 e. The summed E-state index contributed by atoms with van der Waals surface area (Å²) in [6.45, 7) is -0.654. The van der Waals surface area contributed by atoms with Crippen LogP contribution in [0.3, 0.4) is 0 Å². The fourth-order valence-electron chi connectivity index (χ4n) is 7.67. The topological polar surface area (TPSA) is 168 Å². The zero-order valence-corrected chi connectivity index (χ0v) is 35.1. The van der Waals surface area contributed by atoms with E-state index in [-0.39, 0.29) is 55.3 Å². The Morgan fingerprint density at radius 3 is 2.05 bits per heavy atom. The third-order valence-electron chi connectivity index (χ3n) is 10.6. The number of fused-ring (bicyclic) bond motifs is 1. The van der Waals surface area contributed by atoms with E-state index >= 15 is 8.78 Å². The van der Waals surface area contributed by atoms with Crippen molar-refractivity contribution >= 4 is 11.7 Å². The van der Waals surface area contributed by atoms with Crippen LogP contribution in [-0.2, 0) is 61.3 Å². The molecule has 5 heterocycles. The second kappa shape index (κ2) is 21.5. The number of nitrogens with zero attached hydrogens (tertiary/aromatic N) is 6. The molecule has 3 N–H and O–H groups in total. The predicted octanol–water partition coefficient (Wildman–Crippen LogP) is 8.40. The highest BCUT2D eigenvalue weighted by Gasteiger charge is 2.41. The molecule has 1 aliphatic rings. The number of amides is 1.